The van der Waals surface area contributed by atoms with E-state index in [1.807, 2.05) is 17.3 Å². The number of aromatic nitrogens is 1. The average Bonchev–Trinajstić information content (AvgIpc) is 3.48. The molecule has 5 rings (SSSR count). The van der Waals surface area contributed by atoms with Crippen LogP contribution in [0.15, 0.2) is 41.9 Å². The highest BCUT2D eigenvalue weighted by molar-refractivity contribution is 7.17. The van der Waals surface area contributed by atoms with Gasteiger partial charge in [0.1, 0.15) is 11.9 Å². The molecule has 172 valence electrons. The van der Waals surface area contributed by atoms with Gasteiger partial charge in [0, 0.05) is 57.7 Å². The van der Waals surface area contributed by atoms with Crippen LogP contribution >= 0.6 is 11.3 Å². The van der Waals surface area contributed by atoms with Crippen molar-refractivity contribution in [1.29, 1.82) is 0 Å². The van der Waals surface area contributed by atoms with Crippen molar-refractivity contribution in [3.05, 3.63) is 41.9 Å². The number of amides is 2. The van der Waals surface area contributed by atoms with Crippen molar-refractivity contribution in [2.75, 3.05) is 37.6 Å². The summed E-state index contributed by atoms with van der Waals surface area (Å²) >= 11 is 1.57. The minimum Gasteiger partial charge on any atom is -0.489 e. The molecule has 7 nitrogen and oxygen atoms in total. The van der Waals surface area contributed by atoms with Crippen molar-refractivity contribution >= 4 is 39.1 Å². The summed E-state index contributed by atoms with van der Waals surface area (Å²) in [6.07, 6.45) is 0.440. The number of rotatable bonds is 5. The zero-order valence-electron chi connectivity index (χ0n) is 18.9. The summed E-state index contributed by atoms with van der Waals surface area (Å²) in [5.74, 6) is 1.23. The van der Waals surface area contributed by atoms with Crippen LogP contribution in [0.4, 0.5) is 5.69 Å². The summed E-state index contributed by atoms with van der Waals surface area (Å²) in [5.41, 5.74) is 6.09. The number of benzene rings is 2. The third-order valence-corrected chi connectivity index (χ3v) is 7.53. The highest BCUT2D eigenvalue weighted by Gasteiger charge is 2.28. The van der Waals surface area contributed by atoms with Crippen LogP contribution in [0.5, 0.6) is 5.75 Å². The second-order valence-electron chi connectivity index (χ2n) is 8.81. The van der Waals surface area contributed by atoms with E-state index in [1.54, 1.807) is 18.3 Å². The number of ether oxygens (including phenoxy) is 1. The minimum absolute atomic E-state index is 0.0689. The number of nitrogens with one attached hydrogen (secondary N) is 1. The van der Waals surface area contributed by atoms with E-state index < -0.39 is 0 Å². The summed E-state index contributed by atoms with van der Waals surface area (Å²) in [5, 5.41) is 2.89. The lowest BCUT2D eigenvalue weighted by Gasteiger charge is -2.35. The van der Waals surface area contributed by atoms with Gasteiger partial charge in [0.15, 0.2) is 0 Å². The van der Waals surface area contributed by atoms with Gasteiger partial charge in [-0.1, -0.05) is 12.1 Å². The number of carbonyl (C=O) groups excluding carboxylic acids is 2. The lowest BCUT2D eigenvalue weighted by molar-refractivity contribution is -0.129. The summed E-state index contributed by atoms with van der Waals surface area (Å²) in [6.45, 7) is 7.54. The molecule has 33 heavy (non-hydrogen) atoms. The zero-order valence-corrected chi connectivity index (χ0v) is 19.7. The molecule has 2 aliphatic heterocycles. The number of hydrogen-bond donors (Lipinski definition) is 1. The molecule has 1 unspecified atom stereocenters. The van der Waals surface area contributed by atoms with E-state index in [1.165, 1.54) is 5.69 Å². The Morgan fingerprint density at radius 1 is 1.15 bits per heavy atom. The highest BCUT2D eigenvalue weighted by Crippen LogP contribution is 2.36. The molecule has 0 spiro atoms. The number of carbonyl (C=O) groups is 2. The molecule has 3 aromatic rings. The molecule has 3 heterocycles. The van der Waals surface area contributed by atoms with Crippen molar-refractivity contribution in [3.63, 3.8) is 0 Å². The third-order valence-electron chi connectivity index (χ3n) is 6.67. The molecular formula is C25H28N4O3S. The van der Waals surface area contributed by atoms with E-state index in [0.717, 1.165) is 53.3 Å². The monoisotopic (exact) mass is 464 g/mol. The number of fused-ring (bicyclic) bond motifs is 1. The van der Waals surface area contributed by atoms with E-state index in [4.69, 9.17) is 4.74 Å². The first-order valence-electron chi connectivity index (χ1n) is 11.4. The Bertz CT molecular complexity index is 1170. The molecule has 2 atom stereocenters. The Morgan fingerprint density at radius 2 is 1.91 bits per heavy atom. The van der Waals surface area contributed by atoms with Gasteiger partial charge in [0.2, 0.25) is 11.8 Å². The van der Waals surface area contributed by atoms with Gasteiger partial charge in [-0.2, -0.15) is 0 Å². The largest absolute Gasteiger partial charge is 0.489 e. The Labute approximate surface area is 197 Å². The van der Waals surface area contributed by atoms with Crippen LogP contribution in [0, 0.1) is 5.92 Å². The van der Waals surface area contributed by atoms with Crippen molar-refractivity contribution in [1.82, 2.24) is 15.2 Å². The van der Waals surface area contributed by atoms with Gasteiger partial charge in [0.25, 0.3) is 0 Å². The molecule has 2 fully saturated rings. The Balaban J connectivity index is 1.35. The lowest BCUT2D eigenvalue weighted by Crippen LogP contribution is -2.48. The minimum atomic E-state index is -0.0689. The van der Waals surface area contributed by atoms with Crippen LogP contribution in [0.2, 0.25) is 0 Å². The number of nitrogens with zero attached hydrogens (tertiary/aromatic N) is 3. The van der Waals surface area contributed by atoms with Crippen molar-refractivity contribution in [2.45, 2.75) is 26.4 Å². The maximum atomic E-state index is 11.6. The fourth-order valence-electron chi connectivity index (χ4n) is 4.59. The molecule has 1 aromatic heterocycles. The number of anilines is 1. The number of hydrogen-bond acceptors (Lipinski definition) is 6. The van der Waals surface area contributed by atoms with Gasteiger partial charge in [-0.05, 0) is 42.3 Å². The van der Waals surface area contributed by atoms with E-state index in [2.05, 4.69) is 51.6 Å². The predicted octanol–water partition coefficient (Wildman–Crippen LogP) is 3.54. The Morgan fingerprint density at radius 3 is 2.58 bits per heavy atom. The number of piperazine rings is 1. The molecule has 2 aliphatic rings. The van der Waals surface area contributed by atoms with E-state index in [0.29, 0.717) is 13.0 Å². The van der Waals surface area contributed by atoms with Gasteiger partial charge < -0.3 is 19.9 Å². The Hall–Kier alpha value is -3.13. The topological polar surface area (TPSA) is 74.8 Å². The molecule has 2 aromatic carbocycles. The standard InChI is InChI=1S/C25H28N4O3S/c1-16(20-13-24(31)26-14-20)32-23-12-19(11-22-25(23)33-15-27-22)18-3-5-21(6-4-18)29-9-7-28(8-10-29)17(2)30/h3-6,11-12,15-16,20H,7-10,13-14H2,1-2H3,(H,26,31)/t16-,20?/m1/s1. The lowest BCUT2D eigenvalue weighted by atomic mass is 10.0. The van der Waals surface area contributed by atoms with E-state index in [9.17, 15) is 9.59 Å². The molecular weight excluding hydrogens is 436 g/mol. The van der Waals surface area contributed by atoms with Crippen molar-refractivity contribution in [3.8, 4) is 16.9 Å². The molecule has 1 N–H and O–H groups in total. The number of thiazole rings is 1. The first kappa shape index (κ1) is 21.7. The normalized spacial score (nSPS) is 19.6. The third kappa shape index (κ3) is 4.53. The molecule has 0 aliphatic carbocycles. The van der Waals surface area contributed by atoms with Crippen molar-refractivity contribution < 1.29 is 14.3 Å². The molecule has 0 saturated carbocycles. The van der Waals surface area contributed by atoms with Crippen LogP contribution < -0.4 is 15.0 Å². The van der Waals surface area contributed by atoms with Crippen LogP contribution in [-0.4, -0.2) is 60.5 Å². The smallest absolute Gasteiger partial charge is 0.220 e. The highest BCUT2D eigenvalue weighted by atomic mass is 32.1. The summed E-state index contributed by atoms with van der Waals surface area (Å²) in [6, 6.07) is 12.7. The fraction of sp³-hybridized carbons (Fsp3) is 0.400. The van der Waals surface area contributed by atoms with Gasteiger partial charge >= 0.3 is 0 Å². The van der Waals surface area contributed by atoms with E-state index >= 15 is 0 Å². The van der Waals surface area contributed by atoms with E-state index in [-0.39, 0.29) is 23.8 Å². The Kier molecular flexibility index (Phi) is 5.93. The average molecular weight is 465 g/mol. The molecule has 2 amide bonds. The van der Waals surface area contributed by atoms with Crippen LogP contribution in [-0.2, 0) is 9.59 Å². The second-order valence-corrected chi connectivity index (χ2v) is 9.66. The maximum Gasteiger partial charge on any atom is 0.220 e. The van der Waals surface area contributed by atoms with Crippen molar-refractivity contribution in [2.24, 2.45) is 5.92 Å². The fourth-order valence-corrected chi connectivity index (χ4v) is 5.32. The van der Waals surface area contributed by atoms with Gasteiger partial charge in [0.05, 0.1) is 15.7 Å². The molecule has 8 heteroatoms. The predicted molar refractivity (Wildman–Crippen MR) is 131 cm³/mol. The van der Waals surface area contributed by atoms with Crippen LogP contribution in [0.1, 0.15) is 20.3 Å². The van der Waals surface area contributed by atoms with Gasteiger partial charge in [-0.3, -0.25) is 9.59 Å². The first-order valence-corrected chi connectivity index (χ1v) is 12.3. The first-order chi connectivity index (χ1) is 16.0. The van der Waals surface area contributed by atoms with Crippen LogP contribution in [0.3, 0.4) is 0 Å². The summed E-state index contributed by atoms with van der Waals surface area (Å²) in [7, 11) is 0. The molecule has 2 saturated heterocycles. The summed E-state index contributed by atoms with van der Waals surface area (Å²) in [4.78, 5) is 31.9. The SMILES string of the molecule is CC(=O)N1CCN(c2ccc(-c3cc(O[C@H](C)C4CNC(=O)C4)c4scnc4c3)cc2)CC1. The second kappa shape index (κ2) is 9.02. The van der Waals surface area contributed by atoms with Crippen LogP contribution in [0.25, 0.3) is 21.3 Å². The van der Waals surface area contributed by atoms with Gasteiger partial charge in [-0.25, -0.2) is 4.98 Å². The molecule has 0 bridgehead atoms. The zero-order chi connectivity index (χ0) is 22.9. The molecule has 0 radical (unpaired) electrons. The quantitative estimate of drug-likeness (QED) is 0.625. The summed E-state index contributed by atoms with van der Waals surface area (Å²) < 4.78 is 7.40. The van der Waals surface area contributed by atoms with Gasteiger partial charge in [-0.15, -0.1) is 11.3 Å². The maximum absolute atomic E-state index is 11.6.